The van der Waals surface area contributed by atoms with Gasteiger partial charge in [0.05, 0.1) is 12.1 Å². The number of rotatable bonds is 9. The van der Waals surface area contributed by atoms with Crippen LogP contribution >= 0.6 is 0 Å². The number of aliphatic carboxylic acids is 1. The van der Waals surface area contributed by atoms with E-state index in [2.05, 4.69) is 31.0 Å². The van der Waals surface area contributed by atoms with Crippen molar-refractivity contribution in [3.8, 4) is 0 Å². The molecule has 4 atom stereocenters. The van der Waals surface area contributed by atoms with Gasteiger partial charge in [0.2, 0.25) is 11.8 Å². The molecular weight excluding hydrogens is 418 g/mol. The van der Waals surface area contributed by atoms with E-state index < -0.39 is 17.4 Å². The first-order valence-electron chi connectivity index (χ1n) is 12.3. The first kappa shape index (κ1) is 29.1. The number of carbonyl (C=O) groups is 3. The van der Waals surface area contributed by atoms with Crippen LogP contribution in [0.3, 0.4) is 0 Å². The van der Waals surface area contributed by atoms with E-state index in [1.54, 1.807) is 18.0 Å². The van der Waals surface area contributed by atoms with E-state index in [0.29, 0.717) is 5.92 Å². The number of likely N-dealkylation sites (N-methyl/N-ethyl adjacent to an activating group) is 1. The van der Waals surface area contributed by atoms with E-state index in [0.717, 1.165) is 25.8 Å². The molecule has 0 aromatic heterocycles. The predicted octanol–water partition coefficient (Wildman–Crippen LogP) is 3.93. The topological polar surface area (TPSA) is 90.0 Å². The lowest BCUT2D eigenvalue weighted by molar-refractivity contribution is -0.142. The molecule has 0 saturated carbocycles. The minimum Gasteiger partial charge on any atom is -0.478 e. The fraction of sp³-hybridized carbons (Fsp3) is 0.808. The molecule has 33 heavy (non-hydrogen) atoms. The van der Waals surface area contributed by atoms with Gasteiger partial charge in [0.15, 0.2) is 0 Å². The molecule has 1 fully saturated rings. The zero-order valence-corrected chi connectivity index (χ0v) is 22.4. The number of piperidine rings is 1. The molecule has 190 valence electrons. The minimum atomic E-state index is -1.00. The van der Waals surface area contributed by atoms with Crippen LogP contribution in [0.25, 0.3) is 0 Å². The Morgan fingerprint density at radius 1 is 1.06 bits per heavy atom. The van der Waals surface area contributed by atoms with Crippen molar-refractivity contribution in [2.24, 2.45) is 17.3 Å². The Kier molecular flexibility index (Phi) is 10.6. The van der Waals surface area contributed by atoms with Gasteiger partial charge in [-0.3, -0.25) is 14.5 Å². The maximum atomic E-state index is 13.6. The van der Waals surface area contributed by atoms with Gasteiger partial charge >= 0.3 is 5.97 Å². The molecule has 2 unspecified atom stereocenters. The number of hydrogen-bond donors (Lipinski definition) is 2. The average molecular weight is 466 g/mol. The molecule has 7 heteroatoms. The van der Waals surface area contributed by atoms with Crippen LogP contribution in [0, 0.1) is 17.3 Å². The van der Waals surface area contributed by atoms with Crippen molar-refractivity contribution in [3.63, 3.8) is 0 Å². The number of nitrogens with zero attached hydrogens (tertiary/aromatic N) is 2. The summed E-state index contributed by atoms with van der Waals surface area (Å²) < 4.78 is 0. The zero-order chi connectivity index (χ0) is 25.7. The fourth-order valence-corrected chi connectivity index (χ4v) is 4.42. The number of carbonyl (C=O) groups excluding carboxylic acids is 2. The number of hydrogen-bond acceptors (Lipinski definition) is 4. The molecule has 2 amide bonds. The van der Waals surface area contributed by atoms with E-state index >= 15 is 0 Å². The molecule has 2 N–H and O–H groups in total. The molecule has 0 aromatic rings. The number of nitrogens with one attached hydrogen (secondary N) is 1. The molecule has 1 aliphatic heterocycles. The Hall–Kier alpha value is -1.89. The Morgan fingerprint density at radius 2 is 1.64 bits per heavy atom. The van der Waals surface area contributed by atoms with E-state index in [1.807, 2.05) is 34.6 Å². The van der Waals surface area contributed by atoms with Gasteiger partial charge in [-0.25, -0.2) is 4.79 Å². The molecule has 1 heterocycles. The maximum Gasteiger partial charge on any atom is 0.331 e. The summed E-state index contributed by atoms with van der Waals surface area (Å²) in [6.07, 6.45) is 4.50. The lowest BCUT2D eigenvalue weighted by Crippen LogP contribution is -2.61. The smallest absolute Gasteiger partial charge is 0.331 e. The summed E-state index contributed by atoms with van der Waals surface area (Å²) >= 11 is 0. The largest absolute Gasteiger partial charge is 0.478 e. The van der Waals surface area contributed by atoms with Crippen molar-refractivity contribution in [1.29, 1.82) is 0 Å². The summed E-state index contributed by atoms with van der Waals surface area (Å²) in [5.74, 6) is -0.852. The van der Waals surface area contributed by atoms with Gasteiger partial charge in [-0.1, -0.05) is 61.0 Å². The Morgan fingerprint density at radius 3 is 2.09 bits per heavy atom. The lowest BCUT2D eigenvalue weighted by atomic mass is 9.84. The second kappa shape index (κ2) is 12.0. The van der Waals surface area contributed by atoms with Gasteiger partial charge in [-0.15, -0.1) is 0 Å². The number of amides is 2. The monoisotopic (exact) mass is 465 g/mol. The van der Waals surface area contributed by atoms with Crippen LogP contribution in [-0.2, 0) is 14.4 Å². The van der Waals surface area contributed by atoms with E-state index in [1.165, 1.54) is 6.92 Å². The quantitative estimate of drug-likeness (QED) is 0.504. The molecule has 7 nitrogen and oxygen atoms in total. The van der Waals surface area contributed by atoms with E-state index in [4.69, 9.17) is 0 Å². The minimum absolute atomic E-state index is 0.0188. The van der Waals surface area contributed by atoms with Crippen molar-refractivity contribution >= 4 is 17.8 Å². The highest BCUT2D eigenvalue weighted by molar-refractivity contribution is 5.91. The first-order valence-corrected chi connectivity index (χ1v) is 12.3. The van der Waals surface area contributed by atoms with Crippen molar-refractivity contribution in [3.05, 3.63) is 11.6 Å². The van der Waals surface area contributed by atoms with Crippen LogP contribution in [0.2, 0.25) is 0 Å². The Bertz CT molecular complexity index is 724. The van der Waals surface area contributed by atoms with Crippen LogP contribution in [-0.4, -0.2) is 70.4 Å². The summed E-state index contributed by atoms with van der Waals surface area (Å²) in [6.45, 7) is 18.7. The van der Waals surface area contributed by atoms with Gasteiger partial charge in [0.25, 0.3) is 0 Å². The first-order chi connectivity index (χ1) is 15.1. The van der Waals surface area contributed by atoms with Crippen molar-refractivity contribution in [2.45, 2.75) is 106 Å². The van der Waals surface area contributed by atoms with Crippen LogP contribution in [0.1, 0.15) is 81.6 Å². The molecule has 0 radical (unpaired) electrons. The molecular formula is C26H47N3O4. The van der Waals surface area contributed by atoms with E-state index in [9.17, 15) is 19.5 Å². The average Bonchev–Trinajstić information content (AvgIpc) is 2.72. The second-order valence-corrected chi connectivity index (χ2v) is 11.4. The maximum absolute atomic E-state index is 13.6. The Balaban J connectivity index is 3.18. The Labute approximate surface area is 201 Å². The summed E-state index contributed by atoms with van der Waals surface area (Å²) in [5.41, 5.74) is -0.303. The highest BCUT2D eigenvalue weighted by Gasteiger charge is 2.40. The fourth-order valence-electron chi connectivity index (χ4n) is 4.42. The van der Waals surface area contributed by atoms with Crippen molar-refractivity contribution in [2.75, 3.05) is 13.6 Å². The van der Waals surface area contributed by atoms with Gasteiger partial charge < -0.3 is 15.3 Å². The zero-order valence-electron chi connectivity index (χ0n) is 22.4. The number of likely N-dealkylation sites (tertiary alicyclic amines) is 1. The summed E-state index contributed by atoms with van der Waals surface area (Å²) in [7, 11) is 1.69. The summed E-state index contributed by atoms with van der Waals surface area (Å²) in [6, 6.07) is -1.06. The van der Waals surface area contributed by atoms with Gasteiger partial charge in [0, 0.05) is 18.7 Å². The van der Waals surface area contributed by atoms with Crippen LogP contribution in [0.15, 0.2) is 11.6 Å². The third-order valence-electron chi connectivity index (χ3n) is 6.97. The van der Waals surface area contributed by atoms with Gasteiger partial charge in [-0.2, -0.15) is 0 Å². The summed E-state index contributed by atoms with van der Waals surface area (Å²) in [5, 5.41) is 12.4. The van der Waals surface area contributed by atoms with Crippen LogP contribution in [0.5, 0.6) is 0 Å². The lowest BCUT2D eigenvalue weighted by Gasteiger charge is -2.42. The molecule has 0 aliphatic carbocycles. The second-order valence-electron chi connectivity index (χ2n) is 11.4. The van der Waals surface area contributed by atoms with E-state index in [-0.39, 0.29) is 41.4 Å². The summed E-state index contributed by atoms with van der Waals surface area (Å²) in [4.78, 5) is 42.4. The SMILES string of the molecule is C/C(=C\[C@H](C(C)C)N(C)C(=O)C(NC(=O)[C@H]1CCCCN1C(C)C(C)C)C(C)(C)C)C(=O)O. The number of carboxylic acid groups (broad SMARTS) is 1. The third-order valence-corrected chi connectivity index (χ3v) is 6.97. The normalized spacial score (nSPS) is 21.0. The molecule has 0 aromatic carbocycles. The van der Waals surface area contributed by atoms with Gasteiger partial charge in [0.1, 0.15) is 6.04 Å². The van der Waals surface area contributed by atoms with Crippen molar-refractivity contribution in [1.82, 2.24) is 15.1 Å². The van der Waals surface area contributed by atoms with Gasteiger partial charge in [-0.05, 0) is 50.5 Å². The van der Waals surface area contributed by atoms with Crippen molar-refractivity contribution < 1.29 is 19.5 Å². The number of carboxylic acids is 1. The highest BCUT2D eigenvalue weighted by Crippen LogP contribution is 2.27. The third kappa shape index (κ3) is 7.83. The highest BCUT2D eigenvalue weighted by atomic mass is 16.4. The van der Waals surface area contributed by atoms with Crippen LogP contribution < -0.4 is 5.32 Å². The molecule has 1 rings (SSSR count). The molecule has 0 bridgehead atoms. The molecule has 1 saturated heterocycles. The predicted molar refractivity (Wildman–Crippen MR) is 133 cm³/mol. The standard InChI is InChI=1S/C26H47N3O4/c1-16(2)19(6)29-14-12-11-13-20(29)23(30)27-22(26(7,8)9)24(31)28(10)21(17(3)4)15-18(5)25(32)33/h15-17,19-22H,11-14H2,1-10H3,(H,27,30)(H,32,33)/b18-15+/t19?,20-,21-,22?/m1/s1. The molecule has 0 spiro atoms. The van der Waals surface area contributed by atoms with Crippen LogP contribution in [0.4, 0.5) is 0 Å². The molecule has 1 aliphatic rings.